The Labute approximate surface area is 198 Å². The quantitative estimate of drug-likeness (QED) is 0.325. The molecule has 11 heteroatoms. The summed E-state index contributed by atoms with van der Waals surface area (Å²) in [4.78, 5) is 21.1. The first-order valence-electron chi connectivity index (χ1n) is 10.7. The van der Waals surface area contributed by atoms with Gasteiger partial charge in [0.25, 0.3) is 5.92 Å². The van der Waals surface area contributed by atoms with Crippen LogP contribution in [0, 0.1) is 5.82 Å². The van der Waals surface area contributed by atoms with Crippen LogP contribution in [0.5, 0.6) is 0 Å². The molecule has 0 saturated carbocycles. The first kappa shape index (κ1) is 30.0. The molecule has 0 saturated heterocycles. The molecule has 2 atom stereocenters. The third-order valence-corrected chi connectivity index (χ3v) is 4.75. The van der Waals surface area contributed by atoms with Crippen LogP contribution in [0.2, 0.25) is 0 Å². The van der Waals surface area contributed by atoms with Gasteiger partial charge in [0.15, 0.2) is 0 Å². The summed E-state index contributed by atoms with van der Waals surface area (Å²) in [7, 11) is 0. The molecule has 5 nitrogen and oxygen atoms in total. The van der Waals surface area contributed by atoms with Gasteiger partial charge in [0, 0.05) is 19.3 Å². The third kappa shape index (κ3) is 11.7. The van der Waals surface area contributed by atoms with Crippen molar-refractivity contribution in [3.8, 4) is 0 Å². The molecule has 0 amide bonds. The summed E-state index contributed by atoms with van der Waals surface area (Å²) in [6, 6.07) is 5.95. The highest BCUT2D eigenvalue weighted by molar-refractivity contribution is 5.73. The van der Waals surface area contributed by atoms with Crippen LogP contribution in [0.4, 0.5) is 26.3 Å². The van der Waals surface area contributed by atoms with Crippen LogP contribution >= 0.6 is 0 Å². The van der Waals surface area contributed by atoms with Gasteiger partial charge in [-0.3, -0.25) is 14.9 Å². The molecule has 2 rings (SSSR count). The van der Waals surface area contributed by atoms with Gasteiger partial charge in [0.2, 0.25) is 0 Å². The average molecular weight is 507 g/mol. The molecule has 0 spiro atoms. The Balaban J connectivity index is 0.000000762. The Hall–Kier alpha value is -3.08. The predicted octanol–water partition coefficient (Wildman–Crippen LogP) is 6.00. The van der Waals surface area contributed by atoms with Crippen molar-refractivity contribution in [2.75, 3.05) is 0 Å². The zero-order valence-electron chi connectivity index (χ0n) is 18.9. The van der Waals surface area contributed by atoms with Crippen molar-refractivity contribution < 1.29 is 46.1 Å². The Morgan fingerprint density at radius 3 is 1.94 bits per heavy atom. The van der Waals surface area contributed by atoms with Gasteiger partial charge in [-0.1, -0.05) is 55.8 Å². The second-order valence-corrected chi connectivity index (χ2v) is 7.80. The maximum atomic E-state index is 14.3. The molecule has 3 N–H and O–H groups in total. The summed E-state index contributed by atoms with van der Waals surface area (Å²) >= 11 is 0. The van der Waals surface area contributed by atoms with Crippen LogP contribution in [0.1, 0.15) is 49.8 Å². The van der Waals surface area contributed by atoms with Crippen molar-refractivity contribution >= 4 is 11.9 Å². The number of carbonyl (C=O) groups is 2. The van der Waals surface area contributed by atoms with Crippen LogP contribution in [-0.4, -0.2) is 40.3 Å². The summed E-state index contributed by atoms with van der Waals surface area (Å²) in [6.45, 7) is 1.98. The average Bonchev–Trinajstić information content (AvgIpc) is 2.75. The molecular weight excluding hydrogens is 480 g/mol. The second kappa shape index (κ2) is 13.7. The number of hydrogen-bond donors (Lipinski definition) is 3. The fourth-order valence-electron chi connectivity index (χ4n) is 3.05. The van der Waals surface area contributed by atoms with E-state index in [0.29, 0.717) is 6.42 Å². The van der Waals surface area contributed by atoms with E-state index in [2.05, 4.69) is 0 Å². The van der Waals surface area contributed by atoms with Crippen LogP contribution in [0.25, 0.3) is 0 Å². The zero-order valence-corrected chi connectivity index (χ0v) is 18.9. The molecule has 0 aromatic heterocycles. The van der Waals surface area contributed by atoms with Crippen molar-refractivity contribution in [3.05, 3.63) is 71.5 Å². The molecule has 0 aliphatic heterocycles. The van der Waals surface area contributed by atoms with Gasteiger partial charge in [-0.2, -0.15) is 13.2 Å². The van der Waals surface area contributed by atoms with E-state index in [1.807, 2.05) is 6.92 Å². The summed E-state index contributed by atoms with van der Waals surface area (Å²) in [6.07, 6.45) is -5.05. The molecule has 0 aliphatic carbocycles. The van der Waals surface area contributed by atoms with Crippen molar-refractivity contribution in [1.29, 1.82) is 0 Å². The zero-order chi connectivity index (χ0) is 26.6. The first-order valence-corrected chi connectivity index (χ1v) is 10.7. The second-order valence-electron chi connectivity index (χ2n) is 7.80. The van der Waals surface area contributed by atoms with E-state index in [1.165, 1.54) is 24.3 Å². The lowest BCUT2D eigenvalue weighted by atomic mass is 9.98. The number of rotatable bonds is 11. The molecule has 0 radical (unpaired) electrons. The van der Waals surface area contributed by atoms with E-state index in [0.717, 1.165) is 37.1 Å². The van der Waals surface area contributed by atoms with Crippen molar-refractivity contribution in [1.82, 2.24) is 5.32 Å². The number of benzene rings is 2. The van der Waals surface area contributed by atoms with Crippen LogP contribution in [-0.2, 0) is 16.0 Å². The van der Waals surface area contributed by atoms with Crippen LogP contribution in [0.15, 0.2) is 54.6 Å². The van der Waals surface area contributed by atoms with E-state index >= 15 is 0 Å². The highest BCUT2D eigenvalue weighted by Crippen LogP contribution is 2.34. The van der Waals surface area contributed by atoms with E-state index in [1.54, 1.807) is 11.4 Å². The lowest BCUT2D eigenvalue weighted by Gasteiger charge is -2.28. The summed E-state index contributed by atoms with van der Waals surface area (Å²) < 4.78 is 81.7. The third-order valence-electron chi connectivity index (χ3n) is 4.75. The first-order chi connectivity index (χ1) is 16.2. The van der Waals surface area contributed by atoms with E-state index in [-0.39, 0.29) is 5.56 Å². The molecule has 0 fully saturated rings. The number of carboxylic acids is 2. The number of unbranched alkanes of at least 4 members (excludes halogenated alkanes) is 1. The number of carboxylic acid groups (broad SMARTS) is 2. The molecule has 0 bridgehead atoms. The minimum absolute atomic E-state index is 0.225. The van der Waals surface area contributed by atoms with E-state index < -0.39 is 60.3 Å². The van der Waals surface area contributed by atoms with Crippen molar-refractivity contribution in [3.63, 3.8) is 0 Å². The van der Waals surface area contributed by atoms with E-state index in [4.69, 9.17) is 5.11 Å². The molecule has 0 heterocycles. The fourth-order valence-corrected chi connectivity index (χ4v) is 3.05. The Morgan fingerprint density at radius 2 is 1.51 bits per heavy atom. The van der Waals surface area contributed by atoms with Gasteiger partial charge >= 0.3 is 18.1 Å². The molecule has 35 heavy (non-hydrogen) atoms. The van der Waals surface area contributed by atoms with Crippen LogP contribution < -0.4 is 5.32 Å². The van der Waals surface area contributed by atoms with Crippen LogP contribution in [0.3, 0.4) is 0 Å². The Morgan fingerprint density at radius 1 is 0.943 bits per heavy atom. The molecule has 2 aromatic carbocycles. The van der Waals surface area contributed by atoms with Crippen molar-refractivity contribution in [2.45, 2.75) is 63.2 Å². The monoisotopic (exact) mass is 507 g/mol. The molecule has 194 valence electrons. The number of alkyl halides is 5. The summed E-state index contributed by atoms with van der Waals surface area (Å²) in [5.41, 5.74) is -0.255. The van der Waals surface area contributed by atoms with Gasteiger partial charge < -0.3 is 10.2 Å². The largest absolute Gasteiger partial charge is 0.481 e. The smallest absolute Gasteiger partial charge is 0.407 e. The van der Waals surface area contributed by atoms with Crippen molar-refractivity contribution in [2.24, 2.45) is 0 Å². The highest BCUT2D eigenvalue weighted by Gasteiger charge is 2.45. The minimum atomic E-state index is -4.97. The van der Waals surface area contributed by atoms with Gasteiger partial charge in [-0.25, -0.2) is 13.2 Å². The van der Waals surface area contributed by atoms with E-state index in [9.17, 15) is 41.0 Å². The molecular formula is C24H27F6NO4. The SMILES string of the molecule is CCCCC(=O)O.O=C(O)[C@H](CC(F)(F)Cc1ccccc1)N[C@@H](c1ccc(F)cc1)C(F)(F)F. The lowest BCUT2D eigenvalue weighted by Crippen LogP contribution is -2.47. The minimum Gasteiger partial charge on any atom is -0.481 e. The van der Waals surface area contributed by atoms with Gasteiger partial charge in [0.05, 0.1) is 0 Å². The maximum Gasteiger partial charge on any atom is 0.407 e. The maximum absolute atomic E-state index is 14.3. The highest BCUT2D eigenvalue weighted by atomic mass is 19.4. The van der Waals surface area contributed by atoms with Gasteiger partial charge in [-0.15, -0.1) is 0 Å². The molecule has 0 aliphatic rings. The summed E-state index contributed by atoms with van der Waals surface area (Å²) in [5.74, 6) is -6.88. The molecule has 0 unspecified atom stereocenters. The number of nitrogens with one attached hydrogen (secondary N) is 1. The fraction of sp³-hybridized carbons (Fsp3) is 0.417. The Bertz CT molecular complexity index is 920. The Kier molecular flexibility index (Phi) is 11.7. The number of hydrogen-bond acceptors (Lipinski definition) is 3. The van der Waals surface area contributed by atoms with Gasteiger partial charge in [0.1, 0.15) is 17.9 Å². The standard InChI is InChI=1S/C19H17F6NO2.C5H10O2/c20-14-8-6-13(7-9-14)16(19(23,24)25)26-15(17(27)28)11-18(21,22)10-12-4-2-1-3-5-12;1-2-3-4-5(6)7/h1-9,15-16,26H,10-11H2,(H,27,28);2-4H2,1H3,(H,6,7)/t15-,16-;/m0./s1. The predicted molar refractivity (Wildman–Crippen MR) is 117 cm³/mol. The summed E-state index contributed by atoms with van der Waals surface area (Å²) in [5, 5.41) is 19.0. The normalized spacial score (nSPS) is 13.3. The lowest BCUT2D eigenvalue weighted by molar-refractivity contribution is -0.166. The number of aliphatic carboxylic acids is 2. The number of halogens is 6. The topological polar surface area (TPSA) is 86.6 Å². The molecule has 2 aromatic rings. The van der Waals surface area contributed by atoms with Gasteiger partial charge in [-0.05, 0) is 29.7 Å².